The lowest BCUT2D eigenvalue weighted by molar-refractivity contribution is -0.0465. The summed E-state index contributed by atoms with van der Waals surface area (Å²) in [5, 5.41) is 18.6. The van der Waals surface area contributed by atoms with Crippen LogP contribution in [0.5, 0.6) is 0 Å². The molecule has 1 fully saturated rings. The van der Waals surface area contributed by atoms with Crippen molar-refractivity contribution < 1.29 is 14.9 Å². The summed E-state index contributed by atoms with van der Waals surface area (Å²) < 4.78 is 6.33. The van der Waals surface area contributed by atoms with Crippen molar-refractivity contribution in [2.24, 2.45) is 5.73 Å². The van der Waals surface area contributed by atoms with Crippen LogP contribution >= 0.6 is 0 Å². The Balaban J connectivity index is 2.35. The second-order valence-corrected chi connectivity index (χ2v) is 3.83. The molecule has 0 spiro atoms. The Morgan fingerprint density at radius 3 is 2.76 bits per heavy atom. The van der Waals surface area contributed by atoms with E-state index in [2.05, 4.69) is 4.98 Å². The van der Waals surface area contributed by atoms with E-state index in [0.29, 0.717) is 0 Å². The highest BCUT2D eigenvalue weighted by atomic mass is 16.5. The van der Waals surface area contributed by atoms with Gasteiger partial charge >= 0.3 is 5.69 Å². The minimum atomic E-state index is -1.07. The highest BCUT2D eigenvalue weighted by Gasteiger charge is 2.42. The van der Waals surface area contributed by atoms with Crippen LogP contribution in [0.25, 0.3) is 0 Å². The van der Waals surface area contributed by atoms with Crippen LogP contribution in [0, 0.1) is 0 Å². The Labute approximate surface area is 95.3 Å². The smallest absolute Gasteiger partial charge is 0.330 e. The van der Waals surface area contributed by atoms with Gasteiger partial charge in [0.2, 0.25) is 0 Å². The van der Waals surface area contributed by atoms with Gasteiger partial charge in [0.1, 0.15) is 12.2 Å². The summed E-state index contributed by atoms with van der Waals surface area (Å²) >= 11 is 0. The molecule has 0 saturated carbocycles. The minimum Gasteiger partial charge on any atom is -0.394 e. The van der Waals surface area contributed by atoms with E-state index in [1.807, 2.05) is 0 Å². The number of nitrogens with one attached hydrogen (secondary N) is 1. The topological polar surface area (TPSA) is 131 Å². The Morgan fingerprint density at radius 2 is 2.24 bits per heavy atom. The zero-order valence-corrected chi connectivity index (χ0v) is 8.81. The molecule has 8 nitrogen and oxygen atoms in total. The zero-order valence-electron chi connectivity index (χ0n) is 8.81. The first-order chi connectivity index (χ1) is 8.04. The van der Waals surface area contributed by atoms with E-state index >= 15 is 0 Å². The van der Waals surface area contributed by atoms with E-state index in [0.717, 1.165) is 10.6 Å². The van der Waals surface area contributed by atoms with E-state index in [9.17, 15) is 14.7 Å². The first-order valence-electron chi connectivity index (χ1n) is 5.06. The number of aromatic amines is 1. The van der Waals surface area contributed by atoms with Crippen molar-refractivity contribution in [3.05, 3.63) is 33.1 Å². The second kappa shape index (κ2) is 4.41. The monoisotopic (exact) mass is 243 g/mol. The lowest BCUT2D eigenvalue weighted by atomic mass is 10.1. The fourth-order valence-corrected chi connectivity index (χ4v) is 1.80. The van der Waals surface area contributed by atoms with Crippen LogP contribution in [0.3, 0.4) is 0 Å². The van der Waals surface area contributed by atoms with Gasteiger partial charge in [-0.25, -0.2) is 4.79 Å². The lowest BCUT2D eigenvalue weighted by Gasteiger charge is -2.17. The van der Waals surface area contributed by atoms with E-state index in [-0.39, 0.29) is 0 Å². The number of rotatable bonds is 2. The number of nitrogens with two attached hydrogens (primary N) is 1. The molecule has 1 saturated heterocycles. The molecule has 0 aliphatic carbocycles. The Bertz CT molecular complexity index is 510. The molecule has 1 aromatic heterocycles. The molecule has 8 heteroatoms. The summed E-state index contributed by atoms with van der Waals surface area (Å²) in [6.07, 6.45) is -1.58. The summed E-state index contributed by atoms with van der Waals surface area (Å²) in [4.78, 5) is 24.5. The molecular formula is C9H13N3O5. The summed E-state index contributed by atoms with van der Waals surface area (Å²) in [6, 6.07) is 0.298. The standard InChI is InChI=1S/C9H13N3O5/c10-6-7(15)4(3-13)17-8(6)12-2-1-5(14)11-9(12)16/h1-2,4,6-8,13,15H,3,10H2,(H,11,14,16)/t4-,6?,7-,8-/m1/s1. The maximum atomic E-state index is 11.5. The third-order valence-electron chi connectivity index (χ3n) is 2.72. The third-order valence-corrected chi connectivity index (χ3v) is 2.72. The average Bonchev–Trinajstić information content (AvgIpc) is 2.57. The van der Waals surface area contributed by atoms with E-state index in [1.165, 1.54) is 6.20 Å². The number of aliphatic hydroxyl groups is 2. The van der Waals surface area contributed by atoms with Gasteiger partial charge in [0.15, 0.2) is 6.23 Å². The first kappa shape index (κ1) is 12.0. The summed E-state index contributed by atoms with van der Waals surface area (Å²) in [6.45, 7) is -0.399. The Morgan fingerprint density at radius 1 is 1.53 bits per heavy atom. The number of aromatic nitrogens is 2. The number of aliphatic hydroxyl groups excluding tert-OH is 2. The molecule has 1 aliphatic rings. The van der Waals surface area contributed by atoms with E-state index in [1.54, 1.807) is 0 Å². The molecule has 0 radical (unpaired) electrons. The SMILES string of the molecule is NC1[C@H](n2ccc(=O)[nH]c2=O)O[C@H](CO)[C@H]1O. The van der Waals surface area contributed by atoms with Crippen LogP contribution in [-0.2, 0) is 4.74 Å². The zero-order chi connectivity index (χ0) is 12.6. The van der Waals surface area contributed by atoms with Gasteiger partial charge in [-0.05, 0) is 0 Å². The van der Waals surface area contributed by atoms with Gasteiger partial charge in [0, 0.05) is 12.3 Å². The van der Waals surface area contributed by atoms with E-state index in [4.69, 9.17) is 15.6 Å². The minimum absolute atomic E-state index is 0.399. The van der Waals surface area contributed by atoms with Gasteiger partial charge in [-0.3, -0.25) is 14.3 Å². The van der Waals surface area contributed by atoms with Crippen LogP contribution in [-0.4, -0.2) is 44.6 Å². The lowest BCUT2D eigenvalue weighted by Crippen LogP contribution is -2.42. The highest BCUT2D eigenvalue weighted by molar-refractivity contribution is 4.94. The number of H-pyrrole nitrogens is 1. The molecule has 1 aromatic rings. The molecule has 1 aliphatic heterocycles. The van der Waals surface area contributed by atoms with Crippen LogP contribution < -0.4 is 17.0 Å². The van der Waals surface area contributed by atoms with Gasteiger partial charge in [0.05, 0.1) is 12.6 Å². The molecule has 17 heavy (non-hydrogen) atoms. The van der Waals surface area contributed by atoms with Crippen molar-refractivity contribution in [2.45, 2.75) is 24.5 Å². The van der Waals surface area contributed by atoms with Gasteiger partial charge in [0.25, 0.3) is 5.56 Å². The van der Waals surface area contributed by atoms with Crippen molar-refractivity contribution in [3.63, 3.8) is 0 Å². The fourth-order valence-electron chi connectivity index (χ4n) is 1.80. The van der Waals surface area contributed by atoms with E-state index < -0.39 is 42.3 Å². The third kappa shape index (κ3) is 2.03. The van der Waals surface area contributed by atoms with Crippen molar-refractivity contribution in [1.82, 2.24) is 9.55 Å². The molecule has 0 amide bonds. The van der Waals surface area contributed by atoms with Crippen molar-refractivity contribution in [2.75, 3.05) is 6.61 Å². The quantitative estimate of drug-likeness (QED) is 0.441. The molecule has 2 rings (SSSR count). The largest absolute Gasteiger partial charge is 0.394 e. The molecule has 4 atom stereocenters. The number of hydrogen-bond acceptors (Lipinski definition) is 6. The predicted octanol–water partition coefficient (Wildman–Crippen LogP) is -2.89. The number of nitrogens with zero attached hydrogens (tertiary/aromatic N) is 1. The van der Waals surface area contributed by atoms with Crippen LogP contribution in [0.4, 0.5) is 0 Å². The Kier molecular flexibility index (Phi) is 3.11. The molecular weight excluding hydrogens is 230 g/mol. The predicted molar refractivity (Wildman–Crippen MR) is 56.3 cm³/mol. The molecule has 0 bridgehead atoms. The van der Waals surface area contributed by atoms with Crippen LogP contribution in [0.1, 0.15) is 6.23 Å². The number of hydrogen-bond donors (Lipinski definition) is 4. The maximum Gasteiger partial charge on any atom is 0.330 e. The van der Waals surface area contributed by atoms with Gasteiger partial charge in [-0.2, -0.15) is 0 Å². The van der Waals surface area contributed by atoms with Crippen molar-refractivity contribution in [3.8, 4) is 0 Å². The molecule has 0 aromatic carbocycles. The van der Waals surface area contributed by atoms with Crippen molar-refractivity contribution in [1.29, 1.82) is 0 Å². The molecule has 1 unspecified atom stereocenters. The van der Waals surface area contributed by atoms with Crippen LogP contribution in [0.15, 0.2) is 21.9 Å². The number of ether oxygens (including phenoxy) is 1. The van der Waals surface area contributed by atoms with Crippen molar-refractivity contribution >= 4 is 0 Å². The maximum absolute atomic E-state index is 11.5. The van der Waals surface area contributed by atoms with Gasteiger partial charge < -0.3 is 20.7 Å². The van der Waals surface area contributed by atoms with Gasteiger partial charge in [-0.1, -0.05) is 0 Å². The fraction of sp³-hybridized carbons (Fsp3) is 0.556. The normalized spacial score (nSPS) is 32.9. The highest BCUT2D eigenvalue weighted by Crippen LogP contribution is 2.26. The second-order valence-electron chi connectivity index (χ2n) is 3.83. The molecule has 2 heterocycles. The summed E-state index contributed by atoms with van der Waals surface area (Å²) in [5.41, 5.74) is 4.48. The molecule has 5 N–H and O–H groups in total. The average molecular weight is 243 g/mol. The first-order valence-corrected chi connectivity index (χ1v) is 5.06. The Hall–Kier alpha value is -1.48. The molecule has 94 valence electrons. The summed E-state index contributed by atoms with van der Waals surface area (Å²) in [7, 11) is 0. The van der Waals surface area contributed by atoms with Crippen LogP contribution in [0.2, 0.25) is 0 Å². The summed E-state index contributed by atoms with van der Waals surface area (Å²) in [5.74, 6) is 0. The van der Waals surface area contributed by atoms with Gasteiger partial charge in [-0.15, -0.1) is 0 Å².